The lowest BCUT2D eigenvalue weighted by Gasteiger charge is -2.24. The molecule has 3 aromatic rings. The number of rotatable bonds is 9. The van der Waals surface area contributed by atoms with E-state index in [1.54, 1.807) is 36.4 Å². The van der Waals surface area contributed by atoms with Crippen molar-refractivity contribution in [1.29, 1.82) is 0 Å². The second kappa shape index (κ2) is 13.1. The fourth-order valence-electron chi connectivity index (χ4n) is 4.35. The molecular formula is C32H30N2O6S2. The first-order valence-corrected chi connectivity index (χ1v) is 14.7. The predicted molar refractivity (Wildman–Crippen MR) is 166 cm³/mol. The molecule has 0 radical (unpaired) electrons. The Morgan fingerprint density at radius 3 is 1.90 bits per heavy atom. The van der Waals surface area contributed by atoms with Crippen molar-refractivity contribution < 1.29 is 29.4 Å². The molecule has 1 aliphatic carbocycles. The number of aromatic hydroxyl groups is 2. The molecule has 0 aliphatic heterocycles. The highest BCUT2D eigenvalue weighted by Crippen LogP contribution is 2.46. The number of allylic oxidation sites excluding steroid dienone is 3. The molecule has 0 spiro atoms. The van der Waals surface area contributed by atoms with Gasteiger partial charge in [0.1, 0.15) is 11.5 Å². The SMILES string of the molecule is CC(=O)Nc1ccc(Sc2cc(O)c3c(c2O)C(=O)C=C(C(CC=C(C)C)Sc2ccc(NC(C)=O)cc2)C3=O)cc1. The molecule has 0 saturated carbocycles. The van der Waals surface area contributed by atoms with E-state index in [9.17, 15) is 29.4 Å². The van der Waals surface area contributed by atoms with E-state index in [4.69, 9.17) is 0 Å². The minimum Gasteiger partial charge on any atom is -0.507 e. The van der Waals surface area contributed by atoms with Gasteiger partial charge >= 0.3 is 0 Å². The zero-order chi connectivity index (χ0) is 30.6. The van der Waals surface area contributed by atoms with E-state index in [2.05, 4.69) is 10.6 Å². The topological polar surface area (TPSA) is 133 Å². The van der Waals surface area contributed by atoms with Crippen molar-refractivity contribution in [2.45, 2.75) is 54.1 Å². The second-order valence-electron chi connectivity index (χ2n) is 9.92. The highest BCUT2D eigenvalue weighted by molar-refractivity contribution is 8.00. The molecule has 1 unspecified atom stereocenters. The van der Waals surface area contributed by atoms with E-state index in [0.717, 1.165) is 22.2 Å². The van der Waals surface area contributed by atoms with Gasteiger partial charge in [0.15, 0.2) is 11.6 Å². The van der Waals surface area contributed by atoms with Crippen molar-refractivity contribution in [3.05, 3.63) is 89.0 Å². The minimum atomic E-state index is -0.570. The Labute approximate surface area is 252 Å². The van der Waals surface area contributed by atoms with E-state index in [1.165, 1.54) is 37.8 Å². The number of Topliss-reactive ketones (excluding diaryl/α,β-unsaturated/α-hetero) is 1. The first-order chi connectivity index (χ1) is 19.9. The summed E-state index contributed by atoms with van der Waals surface area (Å²) in [6, 6.07) is 15.3. The zero-order valence-corrected chi connectivity index (χ0v) is 25.1. The molecule has 0 saturated heterocycles. The lowest BCUT2D eigenvalue weighted by molar-refractivity contribution is -0.115. The summed E-state index contributed by atoms with van der Waals surface area (Å²) in [6.07, 6.45) is 3.68. The van der Waals surface area contributed by atoms with Gasteiger partial charge in [-0.15, -0.1) is 11.8 Å². The van der Waals surface area contributed by atoms with Gasteiger partial charge in [-0.1, -0.05) is 23.4 Å². The molecule has 10 heteroatoms. The molecule has 1 aliphatic rings. The van der Waals surface area contributed by atoms with Gasteiger partial charge in [-0.05, 0) is 80.9 Å². The van der Waals surface area contributed by atoms with E-state index >= 15 is 0 Å². The number of fused-ring (bicyclic) bond motifs is 1. The van der Waals surface area contributed by atoms with Gasteiger partial charge in [0, 0.05) is 45.8 Å². The van der Waals surface area contributed by atoms with Crippen LogP contribution in [0.25, 0.3) is 0 Å². The average molecular weight is 603 g/mol. The van der Waals surface area contributed by atoms with Crippen LogP contribution in [-0.2, 0) is 9.59 Å². The van der Waals surface area contributed by atoms with Crippen molar-refractivity contribution in [3.63, 3.8) is 0 Å². The molecule has 0 bridgehead atoms. The van der Waals surface area contributed by atoms with E-state index in [-0.39, 0.29) is 39.2 Å². The Bertz CT molecular complexity index is 1620. The first-order valence-electron chi connectivity index (χ1n) is 13.1. The molecule has 4 rings (SSSR count). The number of carbonyl (C=O) groups is 4. The normalized spacial score (nSPS) is 13.1. The summed E-state index contributed by atoms with van der Waals surface area (Å²) in [4.78, 5) is 51.5. The van der Waals surface area contributed by atoms with Crippen LogP contribution < -0.4 is 10.6 Å². The number of hydrogen-bond donors (Lipinski definition) is 4. The van der Waals surface area contributed by atoms with Gasteiger partial charge in [-0.25, -0.2) is 0 Å². The quantitative estimate of drug-likeness (QED) is 0.117. The largest absolute Gasteiger partial charge is 0.507 e. The van der Waals surface area contributed by atoms with Crippen molar-refractivity contribution in [2.24, 2.45) is 0 Å². The summed E-state index contributed by atoms with van der Waals surface area (Å²) in [5.41, 5.74) is 2.07. The third-order valence-electron chi connectivity index (χ3n) is 6.21. The zero-order valence-electron chi connectivity index (χ0n) is 23.5. The summed E-state index contributed by atoms with van der Waals surface area (Å²) < 4.78 is 0. The highest BCUT2D eigenvalue weighted by atomic mass is 32.2. The Morgan fingerprint density at radius 1 is 0.833 bits per heavy atom. The number of phenolic OH excluding ortho intramolecular Hbond substituents is 2. The van der Waals surface area contributed by atoms with Gasteiger partial charge < -0.3 is 20.8 Å². The number of benzene rings is 3. The van der Waals surface area contributed by atoms with Crippen LogP contribution >= 0.6 is 23.5 Å². The van der Waals surface area contributed by atoms with Gasteiger partial charge in [-0.2, -0.15) is 0 Å². The molecule has 2 amide bonds. The summed E-state index contributed by atoms with van der Waals surface area (Å²) in [6.45, 7) is 6.72. The maximum atomic E-state index is 13.8. The molecule has 0 heterocycles. The Kier molecular flexibility index (Phi) is 9.59. The maximum absolute atomic E-state index is 13.8. The number of carbonyl (C=O) groups excluding carboxylic acids is 4. The second-order valence-corrected chi connectivity index (χ2v) is 12.3. The summed E-state index contributed by atoms with van der Waals surface area (Å²) >= 11 is 2.50. The van der Waals surface area contributed by atoms with Crippen molar-refractivity contribution in [3.8, 4) is 11.5 Å². The third kappa shape index (κ3) is 7.32. The van der Waals surface area contributed by atoms with Gasteiger partial charge in [0.25, 0.3) is 0 Å². The van der Waals surface area contributed by atoms with Crippen LogP contribution in [0.15, 0.2) is 92.6 Å². The molecule has 216 valence electrons. The van der Waals surface area contributed by atoms with E-state index in [1.807, 2.05) is 32.1 Å². The first kappa shape index (κ1) is 30.7. The molecular weight excluding hydrogens is 572 g/mol. The van der Waals surface area contributed by atoms with Crippen LogP contribution in [-0.4, -0.2) is 38.8 Å². The van der Waals surface area contributed by atoms with Crippen LogP contribution in [0, 0.1) is 0 Å². The number of thioether (sulfide) groups is 1. The molecule has 4 N–H and O–H groups in total. The number of ketones is 2. The van der Waals surface area contributed by atoms with Crippen LogP contribution in [0.3, 0.4) is 0 Å². The molecule has 0 fully saturated rings. The fourth-order valence-corrected chi connectivity index (χ4v) is 6.36. The Balaban J connectivity index is 1.64. The third-order valence-corrected chi connectivity index (χ3v) is 8.52. The number of phenols is 2. The van der Waals surface area contributed by atoms with E-state index < -0.39 is 22.6 Å². The summed E-state index contributed by atoms with van der Waals surface area (Å²) in [5.74, 6) is -2.26. The number of anilines is 2. The monoisotopic (exact) mass is 602 g/mol. The summed E-state index contributed by atoms with van der Waals surface area (Å²) in [5, 5.41) is 27.0. The molecule has 42 heavy (non-hydrogen) atoms. The lowest BCUT2D eigenvalue weighted by atomic mass is 9.86. The average Bonchev–Trinajstić information content (AvgIpc) is 2.92. The Hall–Kier alpha value is -4.28. The number of hydrogen-bond acceptors (Lipinski definition) is 8. The predicted octanol–water partition coefficient (Wildman–Crippen LogP) is 6.99. The minimum absolute atomic E-state index is 0.184. The molecule has 3 aromatic carbocycles. The summed E-state index contributed by atoms with van der Waals surface area (Å²) in [7, 11) is 0. The van der Waals surface area contributed by atoms with Crippen LogP contribution in [0.2, 0.25) is 0 Å². The fraction of sp³-hybridized carbons (Fsp3) is 0.188. The standard InChI is InChI=1S/C32H30N2O6S2/c1-17(2)5-14-27(41-22-10-6-20(7-11-22)33-18(3)35)24-15-25(37)30-29(31(24)39)26(38)16-28(32(30)40)42-23-12-8-21(9-13-23)34-19(4)36/h5-13,15-16,27,38,40H,14H2,1-4H3,(H,33,35)(H,34,36). The smallest absolute Gasteiger partial charge is 0.221 e. The van der Waals surface area contributed by atoms with Crippen LogP contribution in [0.1, 0.15) is 54.8 Å². The van der Waals surface area contributed by atoms with Crippen molar-refractivity contribution in [1.82, 2.24) is 0 Å². The van der Waals surface area contributed by atoms with Gasteiger partial charge in [0.2, 0.25) is 11.8 Å². The van der Waals surface area contributed by atoms with Crippen LogP contribution in [0.5, 0.6) is 11.5 Å². The Morgan fingerprint density at radius 2 is 1.38 bits per heavy atom. The molecule has 1 atom stereocenters. The number of amides is 2. The van der Waals surface area contributed by atoms with Crippen LogP contribution in [0.4, 0.5) is 11.4 Å². The molecule has 8 nitrogen and oxygen atoms in total. The highest BCUT2D eigenvalue weighted by Gasteiger charge is 2.36. The van der Waals surface area contributed by atoms with Gasteiger partial charge in [-0.3, -0.25) is 19.2 Å². The van der Waals surface area contributed by atoms with Gasteiger partial charge in [0.05, 0.1) is 16.0 Å². The molecule has 0 aromatic heterocycles. The van der Waals surface area contributed by atoms with Crippen molar-refractivity contribution >= 4 is 58.3 Å². The lowest BCUT2D eigenvalue weighted by Crippen LogP contribution is -2.24. The maximum Gasteiger partial charge on any atom is 0.221 e. The van der Waals surface area contributed by atoms with E-state index in [0.29, 0.717) is 22.7 Å². The number of nitrogens with one attached hydrogen (secondary N) is 2. The van der Waals surface area contributed by atoms with Crippen molar-refractivity contribution in [2.75, 3.05) is 10.6 Å².